The third-order valence-corrected chi connectivity index (χ3v) is 7.11. The summed E-state index contributed by atoms with van der Waals surface area (Å²) in [5.41, 5.74) is 3.64. The lowest BCUT2D eigenvalue weighted by atomic mass is 9.86. The Hall–Kier alpha value is -3.28. The number of hydrogen-bond acceptors (Lipinski definition) is 4. The fourth-order valence-electron chi connectivity index (χ4n) is 5.32. The smallest absolute Gasteiger partial charge is 0.150 e. The van der Waals surface area contributed by atoms with Crippen molar-refractivity contribution < 1.29 is 19.0 Å². The number of phenols is 1. The Bertz CT molecular complexity index is 1370. The van der Waals surface area contributed by atoms with Gasteiger partial charge in [-0.2, -0.15) is 0 Å². The van der Waals surface area contributed by atoms with Crippen molar-refractivity contribution in [3.05, 3.63) is 89.7 Å². The van der Waals surface area contributed by atoms with Gasteiger partial charge in [0, 0.05) is 17.2 Å². The molecule has 2 aliphatic heterocycles. The Balaban J connectivity index is 0.00000267. The van der Waals surface area contributed by atoms with Gasteiger partial charge in [-0.05, 0) is 90.2 Å². The van der Waals surface area contributed by atoms with Crippen LogP contribution in [0, 0.1) is 5.82 Å². The van der Waals surface area contributed by atoms with E-state index in [1.54, 1.807) is 18.2 Å². The SMILES string of the molecule is Cl.Oc1ccc2c3c(ccc2c1)-c1cc(F)ccc1OC3c1ccc(OCCC2CCCCN2)cc1. The molecule has 6 rings (SSSR count). The highest BCUT2D eigenvalue weighted by Crippen LogP contribution is 2.48. The molecule has 4 nitrogen and oxygen atoms in total. The van der Waals surface area contributed by atoms with E-state index < -0.39 is 0 Å². The molecule has 0 amide bonds. The van der Waals surface area contributed by atoms with Crippen LogP contribution in [-0.2, 0) is 0 Å². The minimum absolute atomic E-state index is 0. The van der Waals surface area contributed by atoms with Gasteiger partial charge in [-0.3, -0.25) is 0 Å². The molecule has 2 unspecified atom stereocenters. The van der Waals surface area contributed by atoms with Gasteiger partial charge in [0.1, 0.15) is 23.1 Å². The van der Waals surface area contributed by atoms with Crippen LogP contribution < -0.4 is 14.8 Å². The molecule has 4 aromatic rings. The van der Waals surface area contributed by atoms with E-state index in [4.69, 9.17) is 9.47 Å². The molecule has 2 N–H and O–H groups in total. The van der Waals surface area contributed by atoms with Crippen molar-refractivity contribution in [2.75, 3.05) is 13.2 Å². The van der Waals surface area contributed by atoms with Gasteiger partial charge in [0.25, 0.3) is 0 Å². The van der Waals surface area contributed by atoms with E-state index >= 15 is 0 Å². The van der Waals surface area contributed by atoms with Crippen molar-refractivity contribution >= 4 is 23.2 Å². The zero-order chi connectivity index (χ0) is 23.8. The van der Waals surface area contributed by atoms with E-state index in [-0.39, 0.29) is 30.1 Å². The number of ether oxygens (including phenoxy) is 2. The first-order valence-corrected chi connectivity index (χ1v) is 12.3. The molecule has 36 heavy (non-hydrogen) atoms. The summed E-state index contributed by atoms with van der Waals surface area (Å²) in [6.45, 7) is 1.79. The number of benzene rings is 4. The molecule has 0 radical (unpaired) electrons. The molecule has 0 bridgehead atoms. The minimum Gasteiger partial charge on any atom is -0.508 e. The molecule has 0 aromatic heterocycles. The Kier molecular flexibility index (Phi) is 7.04. The molecule has 0 aliphatic carbocycles. The van der Waals surface area contributed by atoms with Gasteiger partial charge in [0.2, 0.25) is 0 Å². The Morgan fingerprint density at radius 1 is 0.944 bits per heavy atom. The quantitative estimate of drug-likeness (QED) is 0.302. The molecule has 0 saturated carbocycles. The third kappa shape index (κ3) is 4.73. The molecule has 1 fully saturated rings. The van der Waals surface area contributed by atoms with Gasteiger partial charge >= 0.3 is 0 Å². The monoisotopic (exact) mass is 505 g/mol. The maximum atomic E-state index is 14.1. The van der Waals surface area contributed by atoms with E-state index in [1.165, 1.54) is 31.4 Å². The number of halogens is 2. The second kappa shape index (κ2) is 10.4. The lowest BCUT2D eigenvalue weighted by Crippen LogP contribution is -2.35. The summed E-state index contributed by atoms with van der Waals surface area (Å²) < 4.78 is 26.6. The highest BCUT2D eigenvalue weighted by molar-refractivity contribution is 5.95. The fourth-order valence-corrected chi connectivity index (χ4v) is 5.32. The number of rotatable bonds is 5. The van der Waals surface area contributed by atoms with E-state index in [1.807, 2.05) is 42.5 Å². The molecular weight excluding hydrogens is 477 g/mol. The number of hydrogen-bond donors (Lipinski definition) is 2. The fraction of sp³-hybridized carbons (Fsp3) is 0.267. The molecule has 0 spiro atoms. The zero-order valence-corrected chi connectivity index (χ0v) is 20.7. The summed E-state index contributed by atoms with van der Waals surface area (Å²) in [7, 11) is 0. The van der Waals surface area contributed by atoms with Gasteiger partial charge < -0.3 is 19.9 Å². The van der Waals surface area contributed by atoms with E-state index in [9.17, 15) is 9.50 Å². The van der Waals surface area contributed by atoms with Gasteiger partial charge in [0.15, 0.2) is 6.10 Å². The second-order valence-electron chi connectivity index (χ2n) is 9.42. The van der Waals surface area contributed by atoms with Crippen LogP contribution in [-0.4, -0.2) is 24.3 Å². The molecule has 2 heterocycles. The molecule has 2 aliphatic rings. The van der Waals surface area contributed by atoms with Crippen molar-refractivity contribution in [2.24, 2.45) is 0 Å². The van der Waals surface area contributed by atoms with Crippen molar-refractivity contribution in [1.29, 1.82) is 0 Å². The van der Waals surface area contributed by atoms with E-state index in [0.717, 1.165) is 51.7 Å². The topological polar surface area (TPSA) is 50.7 Å². The van der Waals surface area contributed by atoms with Gasteiger partial charge in [-0.25, -0.2) is 4.39 Å². The number of aromatic hydroxyl groups is 1. The maximum absolute atomic E-state index is 14.1. The van der Waals surface area contributed by atoms with Crippen molar-refractivity contribution in [1.82, 2.24) is 5.32 Å². The highest BCUT2D eigenvalue weighted by Gasteiger charge is 2.29. The standard InChI is InChI=1S/C30H28FNO3.ClH/c31-21-7-13-28-27(18-21)26-11-6-20-17-23(33)8-12-25(20)29(26)30(35-28)19-4-9-24(10-5-19)34-16-14-22-3-1-2-15-32-22;/h4-13,17-18,22,30,32-33H,1-3,14-16H2;1H. The van der Waals surface area contributed by atoms with E-state index in [0.29, 0.717) is 18.4 Å². The predicted molar refractivity (Wildman–Crippen MR) is 143 cm³/mol. The van der Waals surface area contributed by atoms with Crippen LogP contribution in [0.5, 0.6) is 17.2 Å². The first-order chi connectivity index (χ1) is 17.2. The summed E-state index contributed by atoms with van der Waals surface area (Å²) in [5.74, 6) is 1.41. The zero-order valence-electron chi connectivity index (χ0n) is 19.9. The number of piperidine rings is 1. The average molecular weight is 506 g/mol. The number of fused-ring (bicyclic) bond motifs is 5. The molecular formula is C30H29ClFNO3. The van der Waals surface area contributed by atoms with Crippen LogP contribution in [0.2, 0.25) is 0 Å². The van der Waals surface area contributed by atoms with Crippen LogP contribution in [0.1, 0.15) is 42.9 Å². The van der Waals surface area contributed by atoms with Crippen molar-refractivity contribution in [3.8, 4) is 28.4 Å². The summed E-state index contributed by atoms with van der Waals surface area (Å²) >= 11 is 0. The average Bonchev–Trinajstić information content (AvgIpc) is 2.89. The van der Waals surface area contributed by atoms with Crippen LogP contribution in [0.25, 0.3) is 21.9 Å². The first kappa shape index (κ1) is 24.4. The van der Waals surface area contributed by atoms with Crippen LogP contribution in [0.4, 0.5) is 4.39 Å². The van der Waals surface area contributed by atoms with Crippen LogP contribution in [0.3, 0.4) is 0 Å². The number of nitrogens with one attached hydrogen (secondary N) is 1. The van der Waals surface area contributed by atoms with Crippen molar-refractivity contribution in [2.45, 2.75) is 37.8 Å². The molecule has 6 heteroatoms. The van der Waals surface area contributed by atoms with Gasteiger partial charge in [-0.15, -0.1) is 12.4 Å². The summed E-state index contributed by atoms with van der Waals surface area (Å²) in [4.78, 5) is 0. The summed E-state index contributed by atoms with van der Waals surface area (Å²) in [6, 6.07) is 22.5. The minimum atomic E-state index is -0.364. The lowest BCUT2D eigenvalue weighted by molar-refractivity contribution is 0.244. The summed E-state index contributed by atoms with van der Waals surface area (Å²) in [5, 5.41) is 15.4. The van der Waals surface area contributed by atoms with Gasteiger partial charge in [-0.1, -0.05) is 36.8 Å². The Morgan fingerprint density at radius 2 is 1.81 bits per heavy atom. The molecule has 2 atom stereocenters. The third-order valence-electron chi connectivity index (χ3n) is 7.11. The summed E-state index contributed by atoms with van der Waals surface area (Å²) in [6.07, 6.45) is 4.42. The lowest BCUT2D eigenvalue weighted by Gasteiger charge is -2.30. The highest BCUT2D eigenvalue weighted by atomic mass is 35.5. The van der Waals surface area contributed by atoms with E-state index in [2.05, 4.69) is 5.32 Å². The van der Waals surface area contributed by atoms with Crippen LogP contribution >= 0.6 is 12.4 Å². The number of phenolic OH excluding ortho intramolecular Hbond substituents is 1. The maximum Gasteiger partial charge on any atom is 0.150 e. The van der Waals surface area contributed by atoms with Crippen LogP contribution in [0.15, 0.2) is 72.8 Å². The molecule has 4 aromatic carbocycles. The largest absolute Gasteiger partial charge is 0.508 e. The Morgan fingerprint density at radius 3 is 2.61 bits per heavy atom. The van der Waals surface area contributed by atoms with Crippen molar-refractivity contribution in [3.63, 3.8) is 0 Å². The second-order valence-corrected chi connectivity index (χ2v) is 9.42. The predicted octanol–water partition coefficient (Wildman–Crippen LogP) is 7.17. The Labute approximate surface area is 216 Å². The molecule has 1 saturated heterocycles. The van der Waals surface area contributed by atoms with Gasteiger partial charge in [0.05, 0.1) is 6.61 Å². The normalized spacial score (nSPS) is 18.5. The first-order valence-electron chi connectivity index (χ1n) is 12.3. The molecule has 186 valence electrons.